The molecule has 5 rings (SSSR count). The summed E-state index contributed by atoms with van der Waals surface area (Å²) in [6, 6.07) is 22.1. The van der Waals surface area contributed by atoms with Crippen molar-refractivity contribution >= 4 is 11.6 Å². The van der Waals surface area contributed by atoms with Crippen LogP contribution in [0.3, 0.4) is 0 Å². The first-order chi connectivity index (χ1) is 13.2. The third-order valence-corrected chi connectivity index (χ3v) is 5.07. The van der Waals surface area contributed by atoms with Crippen LogP contribution < -0.4 is 14.4 Å². The fraction of sp³-hybridized carbons (Fsp3) is 0.136. The van der Waals surface area contributed by atoms with E-state index < -0.39 is 5.72 Å². The Bertz CT molecular complexity index is 1030. The molecule has 0 aliphatic carbocycles. The largest absolute Gasteiger partial charge is 0.454 e. The van der Waals surface area contributed by atoms with Crippen molar-refractivity contribution in [3.05, 3.63) is 89.5 Å². The Morgan fingerprint density at radius 3 is 2.52 bits per heavy atom. The molecule has 134 valence electrons. The molecule has 0 spiro atoms. The van der Waals surface area contributed by atoms with Gasteiger partial charge in [-0.15, -0.1) is 0 Å². The van der Waals surface area contributed by atoms with Crippen LogP contribution in [0.2, 0.25) is 0 Å². The number of hydrogen-bond acceptors (Lipinski definition) is 4. The van der Waals surface area contributed by atoms with E-state index in [1.807, 2.05) is 48.5 Å². The van der Waals surface area contributed by atoms with Crippen LogP contribution in [0.15, 0.2) is 72.8 Å². The van der Waals surface area contributed by atoms with Crippen LogP contribution >= 0.6 is 0 Å². The molecule has 0 saturated heterocycles. The van der Waals surface area contributed by atoms with Gasteiger partial charge in [0.25, 0.3) is 5.91 Å². The maximum Gasteiger partial charge on any atom is 0.261 e. The minimum Gasteiger partial charge on any atom is -0.454 e. The summed E-state index contributed by atoms with van der Waals surface area (Å²) in [4.78, 5) is 14.6. The second kappa shape index (κ2) is 5.86. The van der Waals surface area contributed by atoms with Gasteiger partial charge in [-0.2, -0.15) is 0 Å². The Kier molecular flexibility index (Phi) is 3.45. The Labute approximate surface area is 156 Å². The smallest absolute Gasteiger partial charge is 0.261 e. The zero-order valence-electron chi connectivity index (χ0n) is 14.5. The van der Waals surface area contributed by atoms with E-state index in [9.17, 15) is 9.90 Å². The number of nitrogens with zero attached hydrogens (tertiary/aromatic N) is 1. The lowest BCUT2D eigenvalue weighted by atomic mass is 9.94. The Morgan fingerprint density at radius 1 is 0.926 bits per heavy atom. The van der Waals surface area contributed by atoms with Gasteiger partial charge in [0, 0.05) is 23.6 Å². The zero-order valence-corrected chi connectivity index (χ0v) is 14.5. The molecule has 5 heteroatoms. The normalized spacial score (nSPS) is 20.0. The molecular formula is C22H17NO4. The molecule has 0 unspecified atom stereocenters. The summed E-state index contributed by atoms with van der Waals surface area (Å²) in [5.41, 5.74) is 1.14. The maximum absolute atomic E-state index is 13.2. The van der Waals surface area contributed by atoms with Crippen molar-refractivity contribution in [2.24, 2.45) is 0 Å². The van der Waals surface area contributed by atoms with Crippen molar-refractivity contribution < 1.29 is 19.4 Å². The van der Waals surface area contributed by atoms with Crippen LogP contribution in [0.4, 0.5) is 5.69 Å². The average Bonchev–Trinajstić information content (AvgIpc) is 3.24. The number of rotatable bonds is 3. The number of benzene rings is 3. The SMILES string of the molecule is O=C1c2ccccc2[C@](O)(Cc2ccccc2)N1c1ccc2c(c1)OCO2. The number of carbonyl (C=O) groups is 1. The van der Waals surface area contributed by atoms with Gasteiger partial charge in [-0.25, -0.2) is 0 Å². The maximum atomic E-state index is 13.2. The molecular weight excluding hydrogens is 342 g/mol. The summed E-state index contributed by atoms with van der Waals surface area (Å²) < 4.78 is 10.8. The molecule has 3 aromatic rings. The molecule has 0 aromatic heterocycles. The van der Waals surface area contributed by atoms with Gasteiger partial charge in [0.15, 0.2) is 17.2 Å². The van der Waals surface area contributed by atoms with E-state index >= 15 is 0 Å². The van der Waals surface area contributed by atoms with E-state index in [1.165, 1.54) is 4.90 Å². The summed E-state index contributed by atoms with van der Waals surface area (Å²) in [6.07, 6.45) is 0.283. The van der Waals surface area contributed by atoms with Gasteiger partial charge in [0.05, 0.1) is 5.69 Å². The third kappa shape index (κ3) is 2.39. The second-order valence-corrected chi connectivity index (χ2v) is 6.70. The van der Waals surface area contributed by atoms with Gasteiger partial charge < -0.3 is 14.6 Å². The van der Waals surface area contributed by atoms with E-state index in [4.69, 9.17) is 9.47 Å². The number of hydrogen-bond donors (Lipinski definition) is 1. The van der Waals surface area contributed by atoms with Gasteiger partial charge in [0.2, 0.25) is 6.79 Å². The van der Waals surface area contributed by atoms with Crippen molar-refractivity contribution in [2.45, 2.75) is 12.1 Å². The standard InChI is InChI=1S/C22H17NO4/c24-21-17-8-4-5-9-18(17)22(25,13-15-6-2-1-3-7-15)23(21)16-10-11-19-20(12-16)27-14-26-19/h1-12,25H,13-14H2/t22-/m1/s1. The number of carbonyl (C=O) groups excluding carboxylic acids is 1. The molecule has 27 heavy (non-hydrogen) atoms. The minimum atomic E-state index is -1.48. The summed E-state index contributed by atoms with van der Waals surface area (Å²) in [5.74, 6) is 0.968. The number of amides is 1. The Balaban J connectivity index is 1.65. The summed E-state index contributed by atoms with van der Waals surface area (Å²) in [7, 11) is 0. The Hall–Kier alpha value is -3.31. The van der Waals surface area contributed by atoms with E-state index in [-0.39, 0.29) is 19.1 Å². The summed E-state index contributed by atoms with van der Waals surface area (Å²) in [5, 5.41) is 11.8. The number of fused-ring (bicyclic) bond motifs is 2. The lowest BCUT2D eigenvalue weighted by molar-refractivity contribution is 0.0395. The highest BCUT2D eigenvalue weighted by molar-refractivity contribution is 6.11. The second-order valence-electron chi connectivity index (χ2n) is 6.70. The van der Waals surface area contributed by atoms with Gasteiger partial charge >= 0.3 is 0 Å². The molecule has 5 nitrogen and oxygen atoms in total. The zero-order chi connectivity index (χ0) is 18.4. The van der Waals surface area contributed by atoms with Gasteiger partial charge in [-0.05, 0) is 23.8 Å². The van der Waals surface area contributed by atoms with Crippen molar-refractivity contribution in [1.82, 2.24) is 0 Å². The predicted octanol–water partition coefficient (Wildman–Crippen LogP) is 3.46. The van der Waals surface area contributed by atoms with E-state index in [1.54, 1.807) is 24.3 Å². The van der Waals surface area contributed by atoms with E-state index in [2.05, 4.69) is 0 Å². The van der Waals surface area contributed by atoms with Crippen LogP contribution in [0.5, 0.6) is 11.5 Å². The lowest BCUT2D eigenvalue weighted by Crippen LogP contribution is -2.45. The number of anilines is 1. The van der Waals surface area contributed by atoms with Gasteiger partial charge in [0.1, 0.15) is 0 Å². The highest BCUT2D eigenvalue weighted by Gasteiger charge is 2.49. The molecule has 1 atom stereocenters. The summed E-state index contributed by atoms with van der Waals surface area (Å²) in [6.45, 7) is 0.154. The van der Waals surface area contributed by atoms with Gasteiger partial charge in [-0.3, -0.25) is 9.69 Å². The molecule has 2 aliphatic rings. The van der Waals surface area contributed by atoms with Crippen molar-refractivity contribution in [3.63, 3.8) is 0 Å². The molecule has 0 saturated carbocycles. The van der Waals surface area contributed by atoms with Crippen molar-refractivity contribution in [2.75, 3.05) is 11.7 Å². The molecule has 3 aromatic carbocycles. The topological polar surface area (TPSA) is 59.0 Å². The molecule has 2 aliphatic heterocycles. The molecule has 0 radical (unpaired) electrons. The Morgan fingerprint density at radius 2 is 1.67 bits per heavy atom. The molecule has 0 bridgehead atoms. The number of ether oxygens (including phenoxy) is 2. The fourth-order valence-electron chi connectivity index (χ4n) is 3.84. The minimum absolute atomic E-state index is 0.154. The van der Waals surface area contributed by atoms with E-state index in [0.717, 1.165) is 5.56 Å². The highest BCUT2D eigenvalue weighted by atomic mass is 16.7. The van der Waals surface area contributed by atoms with Crippen LogP contribution in [0.1, 0.15) is 21.5 Å². The fourth-order valence-corrected chi connectivity index (χ4v) is 3.84. The van der Waals surface area contributed by atoms with Crippen LogP contribution in [-0.4, -0.2) is 17.8 Å². The van der Waals surface area contributed by atoms with E-state index in [0.29, 0.717) is 28.3 Å². The predicted molar refractivity (Wildman–Crippen MR) is 99.9 cm³/mol. The van der Waals surface area contributed by atoms with Crippen molar-refractivity contribution in [1.29, 1.82) is 0 Å². The van der Waals surface area contributed by atoms with Crippen LogP contribution in [0.25, 0.3) is 0 Å². The summed E-state index contributed by atoms with van der Waals surface area (Å²) >= 11 is 0. The van der Waals surface area contributed by atoms with Crippen LogP contribution in [0, 0.1) is 0 Å². The molecule has 2 heterocycles. The lowest BCUT2D eigenvalue weighted by Gasteiger charge is -2.34. The quantitative estimate of drug-likeness (QED) is 0.778. The monoisotopic (exact) mass is 359 g/mol. The molecule has 0 fully saturated rings. The first kappa shape index (κ1) is 15.9. The first-order valence-corrected chi connectivity index (χ1v) is 8.77. The van der Waals surface area contributed by atoms with Crippen molar-refractivity contribution in [3.8, 4) is 11.5 Å². The van der Waals surface area contributed by atoms with Gasteiger partial charge in [-0.1, -0.05) is 48.5 Å². The highest BCUT2D eigenvalue weighted by Crippen LogP contribution is 2.45. The molecule has 1 amide bonds. The van der Waals surface area contributed by atoms with Crippen LogP contribution in [-0.2, 0) is 12.1 Å². The number of aliphatic hydroxyl groups is 1. The molecule has 1 N–H and O–H groups in total. The average molecular weight is 359 g/mol. The first-order valence-electron chi connectivity index (χ1n) is 8.77. The third-order valence-electron chi connectivity index (χ3n) is 5.07.